The molecule has 0 bridgehead atoms. The molecule has 0 aliphatic rings. The van der Waals surface area contributed by atoms with E-state index in [4.69, 9.17) is 0 Å². The van der Waals surface area contributed by atoms with Crippen molar-refractivity contribution in [2.45, 2.75) is 5.51 Å². The lowest BCUT2D eigenvalue weighted by Gasteiger charge is -2.26. The van der Waals surface area contributed by atoms with Crippen LogP contribution >= 0.6 is 0 Å². The predicted octanol–water partition coefficient (Wildman–Crippen LogP) is -0.543. The molecule has 0 atom stereocenters. The topological polar surface area (TPSA) is 102 Å². The van der Waals surface area contributed by atoms with E-state index in [1.165, 1.54) is 0 Å². The summed E-state index contributed by atoms with van der Waals surface area (Å²) in [5.74, 6) is 0. The zero-order valence-corrected chi connectivity index (χ0v) is 10.3. The van der Waals surface area contributed by atoms with Crippen molar-refractivity contribution in [1.82, 2.24) is 0 Å². The number of hydrogen-bond acceptors (Lipinski definition) is 6. The zero-order valence-electron chi connectivity index (χ0n) is 7.81. The van der Waals surface area contributed by atoms with Crippen LogP contribution in [0.15, 0.2) is 0 Å². The van der Waals surface area contributed by atoms with Crippen LogP contribution in [0.1, 0.15) is 0 Å². The second kappa shape index (κ2) is 3.84. The van der Waals surface area contributed by atoms with Crippen molar-refractivity contribution >= 4 is 29.5 Å². The minimum Gasteiger partial charge on any atom is -0.260 e. The average molecular weight is 303 g/mol. The Labute approximate surface area is 90.2 Å². The van der Waals surface area contributed by atoms with Crippen molar-refractivity contribution in [3.63, 3.8) is 0 Å². The molecule has 0 rings (SSSR count). The molecule has 0 aromatic heterocycles. The molecule has 0 spiro atoms. The first-order chi connectivity index (χ1) is 6.62. The van der Waals surface area contributed by atoms with Gasteiger partial charge in [-0.3, -0.25) is 25.3 Å². The monoisotopic (exact) mass is 303 g/mol. The second-order valence-electron chi connectivity index (χ2n) is 2.74. The van der Waals surface area contributed by atoms with Gasteiger partial charge in [0, 0.05) is 12.5 Å². The average Bonchev–Trinajstić information content (AvgIpc) is 1.72. The maximum atomic E-state index is 12.0. The standard InChI is InChI=1S/C4H6F3O6S3/c1-14(8,9)3(15(2,10)11)16(12,13)4(5,6)7/h1-2H3/q-1. The highest BCUT2D eigenvalue weighted by atomic mass is 32.3. The van der Waals surface area contributed by atoms with Gasteiger partial charge in [-0.05, 0) is 0 Å². The molecule has 0 aromatic carbocycles. The van der Waals surface area contributed by atoms with Crippen LogP contribution in [-0.4, -0.2) is 43.3 Å². The van der Waals surface area contributed by atoms with Gasteiger partial charge in [0.15, 0.2) is 9.84 Å². The summed E-state index contributed by atoms with van der Waals surface area (Å²) in [6, 6.07) is 0. The van der Waals surface area contributed by atoms with Crippen molar-refractivity contribution in [1.29, 1.82) is 0 Å². The summed E-state index contributed by atoms with van der Waals surface area (Å²) >= 11 is 0. The fraction of sp³-hybridized carbons (Fsp3) is 0.750. The quantitative estimate of drug-likeness (QED) is 0.649. The lowest BCUT2D eigenvalue weighted by molar-refractivity contribution is -0.0427. The van der Waals surface area contributed by atoms with Gasteiger partial charge in [0.05, 0.1) is 23.6 Å². The molecule has 0 N–H and O–H groups in total. The Morgan fingerprint density at radius 2 is 1.06 bits per heavy atom. The molecule has 0 aliphatic carbocycles. The van der Waals surface area contributed by atoms with Crippen LogP contribution < -0.4 is 0 Å². The molecular formula is C4H6F3O6S3-. The van der Waals surface area contributed by atoms with Gasteiger partial charge in [-0.1, -0.05) is 0 Å². The lowest BCUT2D eigenvalue weighted by Crippen LogP contribution is -2.37. The lowest BCUT2D eigenvalue weighted by atomic mass is 11.6. The number of alkyl halides is 3. The van der Waals surface area contributed by atoms with E-state index in [9.17, 15) is 38.4 Å². The molecule has 12 heteroatoms. The zero-order chi connectivity index (χ0) is 13.6. The van der Waals surface area contributed by atoms with E-state index in [1.54, 1.807) is 0 Å². The molecule has 0 aliphatic heterocycles. The Morgan fingerprint density at radius 3 is 1.12 bits per heavy atom. The number of hydrogen-bond donors (Lipinski definition) is 0. The third-order valence-corrected chi connectivity index (χ3v) is 8.34. The van der Waals surface area contributed by atoms with Crippen molar-refractivity contribution in [3.8, 4) is 0 Å². The summed E-state index contributed by atoms with van der Waals surface area (Å²) in [7, 11) is -16.5. The maximum absolute atomic E-state index is 12.0. The normalized spacial score (nSPS) is 15.4. The van der Waals surface area contributed by atoms with E-state index in [0.717, 1.165) is 0 Å². The molecule has 6 nitrogen and oxygen atoms in total. The van der Waals surface area contributed by atoms with Crippen LogP contribution in [0.2, 0.25) is 0 Å². The van der Waals surface area contributed by atoms with Crippen LogP contribution in [-0.2, 0) is 29.5 Å². The summed E-state index contributed by atoms with van der Waals surface area (Å²) in [6.45, 7) is 0. The van der Waals surface area contributed by atoms with E-state index in [0.29, 0.717) is 0 Å². The Kier molecular flexibility index (Phi) is 3.75. The second-order valence-corrected chi connectivity index (χ2v) is 9.30. The molecule has 0 saturated heterocycles. The molecule has 0 unspecified atom stereocenters. The summed E-state index contributed by atoms with van der Waals surface area (Å²) in [5.41, 5.74) is -5.99. The molecule has 0 heterocycles. The Bertz CT molecular complexity index is 533. The largest absolute Gasteiger partial charge is 0.470 e. The first-order valence-electron chi connectivity index (χ1n) is 3.20. The minimum absolute atomic E-state index is 0.0622. The minimum atomic E-state index is -6.41. The highest BCUT2D eigenvalue weighted by molar-refractivity contribution is 8.28. The molecular weight excluding hydrogens is 297 g/mol. The Hall–Kier alpha value is -0.360. The van der Waals surface area contributed by atoms with Crippen LogP contribution in [0.25, 0.3) is 0 Å². The van der Waals surface area contributed by atoms with Gasteiger partial charge in [0.1, 0.15) is 0 Å². The molecule has 16 heavy (non-hydrogen) atoms. The van der Waals surface area contributed by atoms with E-state index < -0.39 is 38.9 Å². The van der Waals surface area contributed by atoms with Crippen LogP contribution in [0.3, 0.4) is 0 Å². The van der Waals surface area contributed by atoms with Crippen LogP contribution in [0, 0.1) is 3.91 Å². The highest BCUT2D eigenvalue weighted by Gasteiger charge is 2.49. The van der Waals surface area contributed by atoms with Gasteiger partial charge in [-0.2, -0.15) is 13.2 Å². The molecule has 0 saturated carbocycles. The summed E-state index contributed by atoms with van der Waals surface area (Å²) in [5, 5.41) is 0. The van der Waals surface area contributed by atoms with Gasteiger partial charge in [-0.25, -0.2) is 0 Å². The fourth-order valence-electron chi connectivity index (χ4n) is 0.768. The summed E-state index contributed by atoms with van der Waals surface area (Å²) in [4.78, 5) is 0. The maximum Gasteiger partial charge on any atom is 0.470 e. The summed E-state index contributed by atoms with van der Waals surface area (Å²) < 4.78 is 98.0. The van der Waals surface area contributed by atoms with Gasteiger partial charge in [-0.15, -0.1) is 0 Å². The smallest absolute Gasteiger partial charge is 0.260 e. The number of sulfone groups is 3. The van der Waals surface area contributed by atoms with Crippen molar-refractivity contribution in [2.75, 3.05) is 12.5 Å². The van der Waals surface area contributed by atoms with Gasteiger partial charge >= 0.3 is 5.51 Å². The van der Waals surface area contributed by atoms with Gasteiger partial charge in [0.2, 0.25) is 0 Å². The number of rotatable bonds is 3. The van der Waals surface area contributed by atoms with Crippen molar-refractivity contribution in [3.05, 3.63) is 3.91 Å². The Morgan fingerprint density at radius 1 is 0.812 bits per heavy atom. The van der Waals surface area contributed by atoms with E-state index in [2.05, 4.69) is 0 Å². The Balaban J connectivity index is 6.22. The van der Waals surface area contributed by atoms with Crippen LogP contribution in [0.5, 0.6) is 0 Å². The summed E-state index contributed by atoms with van der Waals surface area (Å²) in [6.07, 6.45) is 0.124. The molecule has 0 radical (unpaired) electrons. The number of halogens is 3. The van der Waals surface area contributed by atoms with Gasteiger partial charge < -0.3 is 0 Å². The van der Waals surface area contributed by atoms with Crippen molar-refractivity contribution < 1.29 is 38.4 Å². The first-order valence-corrected chi connectivity index (χ1v) is 8.47. The molecule has 0 fully saturated rings. The molecule has 0 amide bonds. The van der Waals surface area contributed by atoms with Crippen molar-refractivity contribution in [2.24, 2.45) is 0 Å². The third-order valence-electron chi connectivity index (χ3n) is 1.13. The van der Waals surface area contributed by atoms with Crippen LogP contribution in [0.4, 0.5) is 13.2 Å². The molecule has 98 valence electrons. The van der Waals surface area contributed by atoms with E-state index in [-0.39, 0.29) is 12.5 Å². The van der Waals surface area contributed by atoms with E-state index in [1.807, 2.05) is 0 Å². The van der Waals surface area contributed by atoms with E-state index >= 15 is 0 Å². The predicted molar refractivity (Wildman–Crippen MR) is 47.9 cm³/mol. The SMILES string of the molecule is CS(=O)(=O)[C-](S(C)(=O)=O)S(=O)(=O)C(F)(F)F. The first kappa shape index (κ1) is 15.6. The fourth-order valence-corrected chi connectivity index (χ4v) is 6.91. The highest BCUT2D eigenvalue weighted by Crippen LogP contribution is 2.36. The molecule has 0 aromatic rings. The van der Waals surface area contributed by atoms with Gasteiger partial charge in [0.25, 0.3) is 0 Å². The third kappa shape index (κ3) is 3.07.